The largest absolute Gasteiger partial charge is 0.369 e. The van der Waals surface area contributed by atoms with Crippen molar-refractivity contribution in [3.8, 4) is 0 Å². The number of hydrogen-bond donors (Lipinski definition) is 2. The number of urea groups is 1. The molecule has 0 atom stereocenters. The lowest BCUT2D eigenvalue weighted by molar-refractivity contribution is 0.212. The molecule has 0 unspecified atom stereocenters. The fraction of sp³-hybridized carbons (Fsp3) is 0.421. The van der Waals surface area contributed by atoms with Crippen molar-refractivity contribution in [3.05, 3.63) is 47.8 Å². The van der Waals surface area contributed by atoms with E-state index in [1.165, 1.54) is 5.69 Å². The van der Waals surface area contributed by atoms with Crippen LogP contribution in [0.3, 0.4) is 0 Å². The van der Waals surface area contributed by atoms with E-state index in [0.29, 0.717) is 13.1 Å². The molecule has 0 bridgehead atoms. The number of rotatable bonds is 3. The quantitative estimate of drug-likeness (QED) is 0.862. The molecule has 3 aliphatic rings. The number of nitrogens with zero attached hydrogens (tertiary/aromatic N) is 4. The van der Waals surface area contributed by atoms with Crippen molar-refractivity contribution in [3.63, 3.8) is 0 Å². The molecule has 1 saturated heterocycles. The van der Waals surface area contributed by atoms with Crippen molar-refractivity contribution < 1.29 is 4.79 Å². The Labute approximate surface area is 154 Å². The number of hydrogen-bond acceptors (Lipinski definition) is 5. The summed E-state index contributed by atoms with van der Waals surface area (Å²) in [6.07, 6.45) is 4.08. The van der Waals surface area contributed by atoms with E-state index in [1.54, 1.807) is 4.90 Å². The number of piperazine rings is 1. The topological polar surface area (TPSA) is 54.1 Å². The van der Waals surface area contributed by atoms with Crippen molar-refractivity contribution >= 4 is 17.4 Å². The summed E-state index contributed by atoms with van der Waals surface area (Å²) < 4.78 is 0. The minimum Gasteiger partial charge on any atom is -0.369 e. The van der Waals surface area contributed by atoms with E-state index in [9.17, 15) is 4.79 Å². The molecule has 1 fully saturated rings. The normalized spacial score (nSPS) is 21.0. The second kappa shape index (κ2) is 6.92. The van der Waals surface area contributed by atoms with Crippen molar-refractivity contribution in [2.45, 2.75) is 0 Å². The number of carbonyl (C=O) groups is 1. The third-order valence-corrected chi connectivity index (χ3v) is 5.29. The lowest BCUT2D eigenvalue weighted by Crippen LogP contribution is -2.47. The maximum absolute atomic E-state index is 11.8. The highest BCUT2D eigenvalue weighted by atomic mass is 16.2. The number of amides is 2. The van der Waals surface area contributed by atoms with Gasteiger partial charge in [-0.1, -0.05) is 0 Å². The first kappa shape index (κ1) is 16.8. The summed E-state index contributed by atoms with van der Waals surface area (Å²) in [5.74, 6) is 0. The highest BCUT2D eigenvalue weighted by molar-refractivity contribution is 5.78. The van der Waals surface area contributed by atoms with E-state index in [2.05, 4.69) is 57.9 Å². The van der Waals surface area contributed by atoms with Gasteiger partial charge < -0.3 is 15.1 Å². The monoisotopic (exact) mass is 354 g/mol. The van der Waals surface area contributed by atoms with Gasteiger partial charge in [0.2, 0.25) is 0 Å². The molecule has 0 aromatic heterocycles. The summed E-state index contributed by atoms with van der Waals surface area (Å²) in [4.78, 5) is 18.3. The van der Waals surface area contributed by atoms with E-state index < -0.39 is 0 Å². The lowest BCUT2D eigenvalue weighted by atomic mass is 10.1. The molecular weight excluding hydrogens is 328 g/mol. The molecular formula is C19H26N6O. The van der Waals surface area contributed by atoms with Crippen LogP contribution in [0, 0.1) is 0 Å². The van der Waals surface area contributed by atoms with Crippen LogP contribution in [0.4, 0.5) is 16.2 Å². The summed E-state index contributed by atoms with van der Waals surface area (Å²) in [6, 6.07) is 8.53. The fourth-order valence-electron chi connectivity index (χ4n) is 3.54. The predicted octanol–water partition coefficient (Wildman–Crippen LogP) is 1.50. The SMILES string of the molecule is CN1CCN(c2ccc(NN3C=CC4=C(C3)N(C)C(=O)NC4)cc2)CC1. The minimum absolute atomic E-state index is 0.0458. The molecule has 0 spiro atoms. The van der Waals surface area contributed by atoms with Gasteiger partial charge in [0.1, 0.15) is 0 Å². The number of hydrazine groups is 1. The Morgan fingerprint density at radius 3 is 2.50 bits per heavy atom. The summed E-state index contributed by atoms with van der Waals surface area (Å²) in [5, 5.41) is 4.88. The Morgan fingerprint density at radius 1 is 1.04 bits per heavy atom. The van der Waals surface area contributed by atoms with Gasteiger partial charge in [-0.3, -0.25) is 15.3 Å². The Bertz CT molecular complexity index is 733. The summed E-state index contributed by atoms with van der Waals surface area (Å²) in [6.45, 7) is 5.62. The molecule has 1 aromatic carbocycles. The first-order chi connectivity index (χ1) is 12.6. The first-order valence-corrected chi connectivity index (χ1v) is 9.09. The smallest absolute Gasteiger partial charge is 0.321 e. The van der Waals surface area contributed by atoms with E-state index in [1.807, 2.05) is 18.3 Å². The molecule has 3 aliphatic heterocycles. The van der Waals surface area contributed by atoms with E-state index >= 15 is 0 Å². The van der Waals surface area contributed by atoms with Gasteiger partial charge in [-0.25, -0.2) is 4.79 Å². The van der Waals surface area contributed by atoms with Crippen LogP contribution in [-0.4, -0.2) is 74.2 Å². The molecule has 4 rings (SSSR count). The molecule has 3 heterocycles. The van der Waals surface area contributed by atoms with Crippen molar-refractivity contribution in [1.29, 1.82) is 0 Å². The molecule has 7 nitrogen and oxygen atoms in total. The number of benzene rings is 1. The molecule has 1 aromatic rings. The Morgan fingerprint density at radius 2 is 1.77 bits per heavy atom. The van der Waals surface area contributed by atoms with Gasteiger partial charge in [-0.15, -0.1) is 0 Å². The molecule has 26 heavy (non-hydrogen) atoms. The second-order valence-electron chi connectivity index (χ2n) is 7.08. The number of anilines is 2. The molecule has 2 amide bonds. The highest BCUT2D eigenvalue weighted by Gasteiger charge is 2.25. The van der Waals surface area contributed by atoms with Gasteiger partial charge in [0, 0.05) is 57.4 Å². The Kier molecular flexibility index (Phi) is 4.46. The van der Waals surface area contributed by atoms with E-state index in [0.717, 1.165) is 43.1 Å². The van der Waals surface area contributed by atoms with Crippen LogP contribution in [0.25, 0.3) is 0 Å². The van der Waals surface area contributed by atoms with Gasteiger partial charge in [-0.2, -0.15) is 0 Å². The van der Waals surface area contributed by atoms with Gasteiger partial charge in [-0.05, 0) is 43.0 Å². The van der Waals surface area contributed by atoms with Crippen LogP contribution < -0.4 is 15.6 Å². The molecule has 0 radical (unpaired) electrons. The third-order valence-electron chi connectivity index (χ3n) is 5.29. The van der Waals surface area contributed by atoms with Crippen LogP contribution in [0.2, 0.25) is 0 Å². The highest BCUT2D eigenvalue weighted by Crippen LogP contribution is 2.23. The lowest BCUT2D eigenvalue weighted by Gasteiger charge is -2.36. The molecule has 138 valence electrons. The van der Waals surface area contributed by atoms with Crippen LogP contribution in [0.5, 0.6) is 0 Å². The van der Waals surface area contributed by atoms with E-state index in [-0.39, 0.29) is 6.03 Å². The van der Waals surface area contributed by atoms with Gasteiger partial charge in [0.25, 0.3) is 0 Å². The Balaban J connectivity index is 1.39. The summed E-state index contributed by atoms with van der Waals surface area (Å²) in [5.41, 5.74) is 7.93. The Hall–Kier alpha value is -2.67. The number of likely N-dealkylation sites (N-methyl/N-ethyl adjacent to an activating group) is 2. The fourth-order valence-corrected chi connectivity index (χ4v) is 3.54. The zero-order chi connectivity index (χ0) is 18.1. The average Bonchev–Trinajstić information content (AvgIpc) is 2.66. The predicted molar refractivity (Wildman–Crippen MR) is 104 cm³/mol. The maximum atomic E-state index is 11.8. The van der Waals surface area contributed by atoms with Crippen molar-refractivity contribution in [2.24, 2.45) is 0 Å². The van der Waals surface area contributed by atoms with Gasteiger partial charge in [0.05, 0.1) is 12.2 Å². The zero-order valence-corrected chi connectivity index (χ0v) is 15.4. The molecule has 0 saturated carbocycles. The first-order valence-electron chi connectivity index (χ1n) is 9.09. The standard InChI is InChI=1S/C19H26N6O/c1-22-9-11-24(12-10-22)17-5-3-16(4-6-17)21-25-8-7-15-13-20-19(26)23(2)18(15)14-25/h3-8,21H,9-14H2,1-2H3,(H,20,26). The number of carbonyl (C=O) groups excluding carboxylic acids is 1. The van der Waals surface area contributed by atoms with Crippen molar-refractivity contribution in [2.75, 3.05) is 63.7 Å². The second-order valence-corrected chi connectivity index (χ2v) is 7.08. The summed E-state index contributed by atoms with van der Waals surface area (Å²) >= 11 is 0. The summed E-state index contributed by atoms with van der Waals surface area (Å²) in [7, 11) is 3.98. The van der Waals surface area contributed by atoms with Gasteiger partial charge in [0.15, 0.2) is 0 Å². The number of nitrogens with one attached hydrogen (secondary N) is 2. The van der Waals surface area contributed by atoms with Crippen LogP contribution in [0.1, 0.15) is 0 Å². The average molecular weight is 354 g/mol. The molecule has 7 heteroatoms. The van der Waals surface area contributed by atoms with Crippen LogP contribution >= 0.6 is 0 Å². The van der Waals surface area contributed by atoms with E-state index in [4.69, 9.17) is 0 Å². The van der Waals surface area contributed by atoms with Crippen molar-refractivity contribution in [1.82, 2.24) is 20.1 Å². The zero-order valence-electron chi connectivity index (χ0n) is 15.4. The van der Waals surface area contributed by atoms with Gasteiger partial charge >= 0.3 is 6.03 Å². The third kappa shape index (κ3) is 3.35. The maximum Gasteiger partial charge on any atom is 0.321 e. The van der Waals surface area contributed by atoms with Crippen LogP contribution in [-0.2, 0) is 0 Å². The minimum atomic E-state index is -0.0458. The molecule has 2 N–H and O–H groups in total. The molecule has 0 aliphatic carbocycles. The van der Waals surface area contributed by atoms with Crippen LogP contribution in [0.15, 0.2) is 47.8 Å².